The molecule has 2 aliphatic rings. The first-order chi connectivity index (χ1) is 8.42. The highest BCUT2D eigenvalue weighted by Crippen LogP contribution is 2.38. The average Bonchev–Trinajstić information content (AvgIpc) is 2.68. The second-order valence-corrected chi connectivity index (χ2v) is 5.78. The Morgan fingerprint density at radius 2 is 2.17 bits per heavy atom. The monoisotopic (exact) mass is 255 g/mol. The van der Waals surface area contributed by atoms with Gasteiger partial charge in [-0.1, -0.05) is 0 Å². The second kappa shape index (κ2) is 4.91. The lowest BCUT2D eigenvalue weighted by Crippen LogP contribution is -2.42. The topological polar surface area (TPSA) is 71.0 Å². The third kappa shape index (κ3) is 2.68. The molecule has 2 rings (SSSR count). The van der Waals surface area contributed by atoms with Crippen LogP contribution in [0.3, 0.4) is 0 Å². The maximum atomic E-state index is 9.65. The maximum absolute atomic E-state index is 9.65. The molecule has 1 saturated heterocycles. The van der Waals surface area contributed by atoms with Crippen molar-refractivity contribution < 1.29 is 20.0 Å². The van der Waals surface area contributed by atoms with Crippen molar-refractivity contribution >= 4 is 0 Å². The third-order valence-corrected chi connectivity index (χ3v) is 3.21. The smallest absolute Gasteiger partial charge is 0.157 e. The molecule has 1 aliphatic carbocycles. The van der Waals surface area contributed by atoms with Crippen LogP contribution in [0.15, 0.2) is 23.2 Å². The quantitative estimate of drug-likeness (QED) is 0.665. The Morgan fingerprint density at radius 1 is 1.44 bits per heavy atom. The van der Waals surface area contributed by atoms with Crippen LogP contribution in [0.25, 0.3) is 0 Å². The number of hydrogen-bond donors (Lipinski definition) is 3. The number of nitrogens with one attached hydrogen (secondary N) is 1. The summed E-state index contributed by atoms with van der Waals surface area (Å²) in [6, 6.07) is 0. The van der Waals surface area contributed by atoms with Crippen molar-refractivity contribution in [3.8, 4) is 0 Å². The van der Waals surface area contributed by atoms with Gasteiger partial charge >= 0.3 is 0 Å². The van der Waals surface area contributed by atoms with Gasteiger partial charge in [0.05, 0.1) is 18.1 Å². The van der Waals surface area contributed by atoms with Crippen LogP contribution < -0.4 is 5.32 Å². The van der Waals surface area contributed by atoms with Gasteiger partial charge in [0.1, 0.15) is 11.9 Å². The molecule has 5 nitrogen and oxygen atoms in total. The van der Waals surface area contributed by atoms with E-state index >= 15 is 0 Å². The SMILES string of the molecule is CC(C)(C)NCC1OOC2=C(CO)C(O)=CCC21. The van der Waals surface area contributed by atoms with Gasteiger partial charge < -0.3 is 20.4 Å². The molecule has 1 heterocycles. The molecular weight excluding hydrogens is 234 g/mol. The summed E-state index contributed by atoms with van der Waals surface area (Å²) in [5, 5.41) is 22.3. The summed E-state index contributed by atoms with van der Waals surface area (Å²) >= 11 is 0. The molecule has 0 aromatic rings. The molecule has 3 N–H and O–H groups in total. The highest BCUT2D eigenvalue weighted by molar-refractivity contribution is 5.34. The third-order valence-electron chi connectivity index (χ3n) is 3.21. The molecule has 5 heteroatoms. The average molecular weight is 255 g/mol. The van der Waals surface area contributed by atoms with E-state index in [-0.39, 0.29) is 29.9 Å². The van der Waals surface area contributed by atoms with E-state index in [9.17, 15) is 10.2 Å². The summed E-state index contributed by atoms with van der Waals surface area (Å²) in [6.07, 6.45) is 2.29. The van der Waals surface area contributed by atoms with Gasteiger partial charge in [0.2, 0.25) is 0 Å². The molecule has 1 fully saturated rings. The first-order valence-electron chi connectivity index (χ1n) is 6.24. The summed E-state index contributed by atoms with van der Waals surface area (Å²) in [5.41, 5.74) is 0.451. The standard InChI is InChI=1S/C13H21NO4/c1-13(2,3)14-6-11-8-4-5-10(16)9(7-15)12(8)18-17-11/h5,8,11,14-16H,4,6-7H2,1-3H3. The van der Waals surface area contributed by atoms with Crippen LogP contribution in [0, 0.1) is 5.92 Å². The number of hydrogen-bond acceptors (Lipinski definition) is 5. The minimum atomic E-state index is -0.239. The van der Waals surface area contributed by atoms with Gasteiger partial charge in [0.15, 0.2) is 5.76 Å². The van der Waals surface area contributed by atoms with Gasteiger partial charge in [0, 0.05) is 12.1 Å². The van der Waals surface area contributed by atoms with Crippen LogP contribution in [0.2, 0.25) is 0 Å². The zero-order valence-corrected chi connectivity index (χ0v) is 11.1. The molecule has 0 aromatic heterocycles. The minimum Gasteiger partial charge on any atom is -0.508 e. The lowest BCUT2D eigenvalue weighted by molar-refractivity contribution is -0.254. The Bertz CT molecular complexity index is 381. The molecule has 102 valence electrons. The molecule has 0 saturated carbocycles. The fraction of sp³-hybridized carbons (Fsp3) is 0.692. The Hall–Kier alpha value is -1.04. The highest BCUT2D eigenvalue weighted by Gasteiger charge is 2.40. The Balaban J connectivity index is 2.06. The number of rotatable bonds is 3. The lowest BCUT2D eigenvalue weighted by atomic mass is 9.88. The van der Waals surface area contributed by atoms with E-state index in [1.54, 1.807) is 6.08 Å². The first kappa shape index (κ1) is 13.4. The zero-order chi connectivity index (χ0) is 13.3. The summed E-state index contributed by atoms with van der Waals surface area (Å²) in [7, 11) is 0. The van der Waals surface area contributed by atoms with Crippen molar-refractivity contribution in [2.75, 3.05) is 13.2 Å². The van der Waals surface area contributed by atoms with E-state index < -0.39 is 0 Å². The Morgan fingerprint density at radius 3 is 2.78 bits per heavy atom. The van der Waals surface area contributed by atoms with Crippen molar-refractivity contribution in [1.29, 1.82) is 0 Å². The normalized spacial score (nSPS) is 27.9. The van der Waals surface area contributed by atoms with Gasteiger partial charge in [0.25, 0.3) is 0 Å². The minimum absolute atomic E-state index is 0.0162. The van der Waals surface area contributed by atoms with Crippen molar-refractivity contribution in [2.45, 2.75) is 38.8 Å². The number of aliphatic hydroxyl groups is 2. The molecule has 0 amide bonds. The highest BCUT2D eigenvalue weighted by atomic mass is 17.2. The van der Waals surface area contributed by atoms with Crippen LogP contribution in [-0.4, -0.2) is 35.0 Å². The van der Waals surface area contributed by atoms with E-state index in [0.29, 0.717) is 24.3 Å². The fourth-order valence-corrected chi connectivity index (χ4v) is 2.17. The lowest BCUT2D eigenvalue weighted by Gasteiger charge is -2.24. The summed E-state index contributed by atoms with van der Waals surface area (Å²) < 4.78 is 0. The Labute approximate surface area is 107 Å². The zero-order valence-electron chi connectivity index (χ0n) is 11.1. The van der Waals surface area contributed by atoms with E-state index in [1.165, 1.54) is 0 Å². The van der Waals surface area contributed by atoms with Gasteiger partial charge in [-0.25, -0.2) is 0 Å². The van der Waals surface area contributed by atoms with Gasteiger partial charge in [-0.2, -0.15) is 4.89 Å². The second-order valence-electron chi connectivity index (χ2n) is 5.78. The fourth-order valence-electron chi connectivity index (χ4n) is 2.17. The molecule has 0 bridgehead atoms. The van der Waals surface area contributed by atoms with Crippen LogP contribution in [-0.2, 0) is 9.78 Å². The summed E-state index contributed by atoms with van der Waals surface area (Å²) in [4.78, 5) is 10.5. The summed E-state index contributed by atoms with van der Waals surface area (Å²) in [5.74, 6) is 0.730. The molecule has 0 radical (unpaired) electrons. The van der Waals surface area contributed by atoms with Crippen molar-refractivity contribution in [2.24, 2.45) is 5.92 Å². The van der Waals surface area contributed by atoms with Gasteiger partial charge in [-0.3, -0.25) is 0 Å². The van der Waals surface area contributed by atoms with Crippen molar-refractivity contribution in [1.82, 2.24) is 5.32 Å². The van der Waals surface area contributed by atoms with Crippen LogP contribution >= 0.6 is 0 Å². The number of fused-ring (bicyclic) bond motifs is 1. The molecule has 18 heavy (non-hydrogen) atoms. The van der Waals surface area contributed by atoms with Crippen LogP contribution in [0.1, 0.15) is 27.2 Å². The molecule has 2 unspecified atom stereocenters. The van der Waals surface area contributed by atoms with E-state index in [2.05, 4.69) is 26.1 Å². The van der Waals surface area contributed by atoms with Crippen LogP contribution in [0.5, 0.6) is 0 Å². The number of aliphatic hydroxyl groups excluding tert-OH is 2. The van der Waals surface area contributed by atoms with E-state index in [1.807, 2.05) is 0 Å². The maximum Gasteiger partial charge on any atom is 0.157 e. The molecular formula is C13H21NO4. The summed E-state index contributed by atoms with van der Waals surface area (Å²) in [6.45, 7) is 6.70. The Kier molecular flexibility index (Phi) is 3.66. The molecule has 0 aromatic carbocycles. The predicted octanol–water partition coefficient (Wildman–Crippen LogP) is 1.41. The van der Waals surface area contributed by atoms with E-state index in [4.69, 9.17) is 9.78 Å². The first-order valence-corrected chi connectivity index (χ1v) is 6.24. The van der Waals surface area contributed by atoms with Crippen molar-refractivity contribution in [3.05, 3.63) is 23.2 Å². The van der Waals surface area contributed by atoms with Gasteiger partial charge in [-0.15, -0.1) is 0 Å². The predicted molar refractivity (Wildman–Crippen MR) is 66.6 cm³/mol. The molecule has 2 atom stereocenters. The molecule has 1 aliphatic heterocycles. The van der Waals surface area contributed by atoms with Crippen LogP contribution in [0.4, 0.5) is 0 Å². The molecule has 0 spiro atoms. The van der Waals surface area contributed by atoms with Gasteiger partial charge in [-0.05, 0) is 33.3 Å². The largest absolute Gasteiger partial charge is 0.508 e. The van der Waals surface area contributed by atoms with E-state index in [0.717, 1.165) is 0 Å². The van der Waals surface area contributed by atoms with Crippen molar-refractivity contribution in [3.63, 3.8) is 0 Å². The number of allylic oxidation sites excluding steroid dienone is 1.